The molecule has 1 saturated heterocycles. The van der Waals surface area contributed by atoms with Crippen LogP contribution in [0.5, 0.6) is 0 Å². The van der Waals surface area contributed by atoms with Crippen molar-refractivity contribution < 1.29 is 9.50 Å². The normalized spacial score (nSPS) is 17.8. The van der Waals surface area contributed by atoms with Crippen LogP contribution in [0.1, 0.15) is 24.8 Å². The highest BCUT2D eigenvalue weighted by Gasteiger charge is 2.22. The van der Waals surface area contributed by atoms with Crippen LogP contribution >= 0.6 is 0 Å². The summed E-state index contributed by atoms with van der Waals surface area (Å²) in [5.41, 5.74) is 0.791. The third kappa shape index (κ3) is 4.27. The van der Waals surface area contributed by atoms with E-state index in [0.717, 1.165) is 44.5 Å². The molecule has 0 saturated carbocycles. The van der Waals surface area contributed by atoms with E-state index in [-0.39, 0.29) is 12.4 Å². The van der Waals surface area contributed by atoms with Gasteiger partial charge in [0.25, 0.3) is 0 Å². The molecule has 0 bridgehead atoms. The molecule has 2 rings (SSSR count). The quantitative estimate of drug-likeness (QED) is 0.864. The second-order valence-corrected chi connectivity index (χ2v) is 5.66. The van der Waals surface area contributed by atoms with Crippen molar-refractivity contribution in [2.75, 3.05) is 33.3 Å². The highest BCUT2D eigenvalue weighted by molar-refractivity contribution is 5.17. The van der Waals surface area contributed by atoms with Crippen molar-refractivity contribution in [2.24, 2.45) is 0 Å². The fourth-order valence-electron chi connectivity index (χ4n) is 2.89. The Morgan fingerprint density at radius 2 is 2.00 bits per heavy atom. The molecule has 3 nitrogen and oxygen atoms in total. The number of aliphatic hydroxyl groups excluding tert-OH is 1. The van der Waals surface area contributed by atoms with E-state index in [1.54, 1.807) is 6.07 Å². The average molecular weight is 280 g/mol. The summed E-state index contributed by atoms with van der Waals surface area (Å²) in [6.07, 6.45) is 3.08. The fourth-order valence-corrected chi connectivity index (χ4v) is 2.89. The van der Waals surface area contributed by atoms with Crippen LogP contribution in [0.3, 0.4) is 0 Å². The summed E-state index contributed by atoms with van der Waals surface area (Å²) in [4.78, 5) is 4.67. The van der Waals surface area contributed by atoms with Gasteiger partial charge in [-0.25, -0.2) is 4.39 Å². The first kappa shape index (κ1) is 15.4. The molecule has 0 atom stereocenters. The van der Waals surface area contributed by atoms with Crippen molar-refractivity contribution in [1.82, 2.24) is 9.80 Å². The maximum Gasteiger partial charge on any atom is 0.127 e. The second kappa shape index (κ2) is 7.72. The Bertz CT molecular complexity index is 405. The third-order valence-electron chi connectivity index (χ3n) is 4.20. The summed E-state index contributed by atoms with van der Waals surface area (Å²) in [7, 11) is 2.13. The Morgan fingerprint density at radius 1 is 1.30 bits per heavy atom. The molecule has 1 aromatic rings. The Balaban J connectivity index is 1.78. The van der Waals surface area contributed by atoms with Gasteiger partial charge in [0.1, 0.15) is 5.82 Å². The SMILES string of the molecule is CN(CCCO)C1CCN(Cc2ccccc2F)CC1. The highest BCUT2D eigenvalue weighted by atomic mass is 19.1. The van der Waals surface area contributed by atoms with E-state index < -0.39 is 0 Å². The summed E-state index contributed by atoms with van der Waals surface area (Å²) in [6.45, 7) is 3.95. The number of hydrogen-bond acceptors (Lipinski definition) is 3. The number of rotatable bonds is 6. The zero-order valence-electron chi connectivity index (χ0n) is 12.3. The zero-order chi connectivity index (χ0) is 14.4. The van der Waals surface area contributed by atoms with Crippen LogP contribution in [-0.4, -0.2) is 54.2 Å². The number of piperidine rings is 1. The molecule has 20 heavy (non-hydrogen) atoms. The lowest BCUT2D eigenvalue weighted by molar-refractivity contribution is 0.117. The minimum Gasteiger partial charge on any atom is -0.396 e. The van der Waals surface area contributed by atoms with Gasteiger partial charge in [0.05, 0.1) is 0 Å². The van der Waals surface area contributed by atoms with Crippen molar-refractivity contribution in [3.8, 4) is 0 Å². The molecule has 1 aromatic carbocycles. The van der Waals surface area contributed by atoms with Gasteiger partial charge in [-0.3, -0.25) is 4.90 Å². The van der Waals surface area contributed by atoms with Crippen molar-refractivity contribution >= 4 is 0 Å². The van der Waals surface area contributed by atoms with Gasteiger partial charge in [-0.05, 0) is 45.5 Å². The van der Waals surface area contributed by atoms with Crippen LogP contribution in [0, 0.1) is 5.82 Å². The molecule has 1 aliphatic heterocycles. The molecule has 4 heteroatoms. The largest absolute Gasteiger partial charge is 0.396 e. The molecular weight excluding hydrogens is 255 g/mol. The molecule has 0 aliphatic carbocycles. The van der Waals surface area contributed by atoms with Crippen LogP contribution in [0.2, 0.25) is 0 Å². The molecule has 1 fully saturated rings. The van der Waals surface area contributed by atoms with Gasteiger partial charge in [0.2, 0.25) is 0 Å². The first-order valence-electron chi connectivity index (χ1n) is 7.47. The number of benzene rings is 1. The summed E-state index contributed by atoms with van der Waals surface area (Å²) in [6, 6.07) is 7.63. The predicted molar refractivity (Wildman–Crippen MR) is 79.0 cm³/mol. The van der Waals surface area contributed by atoms with Crippen LogP contribution in [-0.2, 0) is 6.54 Å². The summed E-state index contributed by atoms with van der Waals surface area (Å²) < 4.78 is 13.6. The molecule has 0 spiro atoms. The van der Waals surface area contributed by atoms with Crippen LogP contribution in [0.15, 0.2) is 24.3 Å². The Labute approximate surface area is 121 Å². The summed E-state index contributed by atoms with van der Waals surface area (Å²) >= 11 is 0. The van der Waals surface area contributed by atoms with Gasteiger partial charge >= 0.3 is 0 Å². The molecule has 1 aliphatic rings. The number of likely N-dealkylation sites (tertiary alicyclic amines) is 1. The van der Waals surface area contributed by atoms with E-state index >= 15 is 0 Å². The number of nitrogens with zero attached hydrogens (tertiary/aromatic N) is 2. The molecule has 0 radical (unpaired) electrons. The summed E-state index contributed by atoms with van der Waals surface area (Å²) in [5.74, 6) is -0.102. The maximum absolute atomic E-state index is 13.6. The third-order valence-corrected chi connectivity index (χ3v) is 4.20. The summed E-state index contributed by atoms with van der Waals surface area (Å²) in [5, 5.41) is 8.88. The van der Waals surface area contributed by atoms with E-state index in [9.17, 15) is 4.39 Å². The highest BCUT2D eigenvalue weighted by Crippen LogP contribution is 2.18. The Morgan fingerprint density at radius 3 is 2.65 bits per heavy atom. The second-order valence-electron chi connectivity index (χ2n) is 5.66. The zero-order valence-corrected chi connectivity index (χ0v) is 12.3. The Hall–Kier alpha value is -0.970. The minimum absolute atomic E-state index is 0.102. The molecule has 112 valence electrons. The smallest absolute Gasteiger partial charge is 0.127 e. The van der Waals surface area contributed by atoms with Crippen LogP contribution in [0.4, 0.5) is 4.39 Å². The van der Waals surface area contributed by atoms with E-state index in [1.807, 2.05) is 12.1 Å². The fraction of sp³-hybridized carbons (Fsp3) is 0.625. The van der Waals surface area contributed by atoms with Gasteiger partial charge in [-0.2, -0.15) is 0 Å². The van der Waals surface area contributed by atoms with Gasteiger partial charge in [0, 0.05) is 31.3 Å². The monoisotopic (exact) mass is 280 g/mol. The van der Waals surface area contributed by atoms with Gasteiger partial charge in [0.15, 0.2) is 0 Å². The van der Waals surface area contributed by atoms with Crippen molar-refractivity contribution in [2.45, 2.75) is 31.8 Å². The van der Waals surface area contributed by atoms with Crippen molar-refractivity contribution in [1.29, 1.82) is 0 Å². The lowest BCUT2D eigenvalue weighted by atomic mass is 10.0. The van der Waals surface area contributed by atoms with E-state index in [0.29, 0.717) is 12.6 Å². The molecule has 0 unspecified atom stereocenters. The number of hydrogen-bond donors (Lipinski definition) is 1. The molecule has 0 amide bonds. The van der Waals surface area contributed by atoms with Crippen molar-refractivity contribution in [3.05, 3.63) is 35.6 Å². The topological polar surface area (TPSA) is 26.7 Å². The molecule has 1 N–H and O–H groups in total. The predicted octanol–water partition coefficient (Wildman–Crippen LogP) is 2.10. The van der Waals surface area contributed by atoms with Gasteiger partial charge < -0.3 is 10.0 Å². The van der Waals surface area contributed by atoms with Gasteiger partial charge in [-0.1, -0.05) is 18.2 Å². The molecule has 1 heterocycles. The van der Waals surface area contributed by atoms with Crippen molar-refractivity contribution in [3.63, 3.8) is 0 Å². The molecule has 0 aromatic heterocycles. The van der Waals surface area contributed by atoms with E-state index in [4.69, 9.17) is 5.11 Å². The average Bonchev–Trinajstić information content (AvgIpc) is 2.48. The lowest BCUT2D eigenvalue weighted by Crippen LogP contribution is -2.43. The minimum atomic E-state index is -0.102. The maximum atomic E-state index is 13.6. The lowest BCUT2D eigenvalue weighted by Gasteiger charge is -2.36. The molecular formula is C16H25FN2O. The van der Waals surface area contributed by atoms with E-state index in [2.05, 4.69) is 16.8 Å². The first-order valence-corrected chi connectivity index (χ1v) is 7.47. The number of halogens is 1. The van der Waals surface area contributed by atoms with Crippen LogP contribution in [0.25, 0.3) is 0 Å². The number of aliphatic hydroxyl groups is 1. The standard InChI is InChI=1S/C16H25FN2O/c1-18(9-4-12-20)15-7-10-19(11-8-15)13-14-5-2-3-6-16(14)17/h2-3,5-6,15,20H,4,7-13H2,1H3. The Kier molecular flexibility index (Phi) is 5.95. The first-order chi connectivity index (χ1) is 9.70. The van der Waals surface area contributed by atoms with Crippen LogP contribution < -0.4 is 0 Å². The van der Waals surface area contributed by atoms with E-state index in [1.165, 1.54) is 6.07 Å². The van der Waals surface area contributed by atoms with Gasteiger partial charge in [-0.15, -0.1) is 0 Å².